The molecule has 0 aliphatic carbocycles. The van der Waals surface area contributed by atoms with Crippen molar-refractivity contribution in [3.63, 3.8) is 0 Å². The summed E-state index contributed by atoms with van der Waals surface area (Å²) in [5.74, 6) is 1.04. The average molecular weight is 455 g/mol. The Kier molecular flexibility index (Phi) is 6.92. The number of aromatic nitrogens is 1. The fourth-order valence-electron chi connectivity index (χ4n) is 1.77. The zero-order valence-corrected chi connectivity index (χ0v) is 16.3. The van der Waals surface area contributed by atoms with Crippen molar-refractivity contribution in [3.8, 4) is 5.75 Å². The van der Waals surface area contributed by atoms with Crippen molar-refractivity contribution in [2.75, 3.05) is 5.32 Å². The van der Waals surface area contributed by atoms with Gasteiger partial charge in [0.25, 0.3) is 5.91 Å². The van der Waals surface area contributed by atoms with Gasteiger partial charge in [-0.2, -0.15) is 0 Å². The molecule has 1 aromatic heterocycles. The van der Waals surface area contributed by atoms with Crippen LogP contribution in [-0.2, 0) is 0 Å². The molecule has 24 heavy (non-hydrogen) atoms. The minimum Gasteiger partial charge on any atom is -0.491 e. The Hall–Kier alpha value is -1.74. The average Bonchev–Trinajstić information content (AvgIpc) is 2.57. The summed E-state index contributed by atoms with van der Waals surface area (Å²) in [6.07, 6.45) is 2.78. The lowest BCUT2D eigenvalue weighted by atomic mass is 10.2. The Morgan fingerprint density at radius 2 is 2.00 bits per heavy atom. The lowest BCUT2D eigenvalue weighted by molar-refractivity contribution is 0.0977. The molecule has 2 rings (SSSR count). The zero-order chi connectivity index (χ0) is 17.5. The van der Waals surface area contributed by atoms with E-state index < -0.39 is 0 Å². The molecule has 1 heterocycles. The minimum atomic E-state index is -0.284. The first-order chi connectivity index (χ1) is 11.5. The second kappa shape index (κ2) is 8.93. The van der Waals surface area contributed by atoms with Crippen LogP contribution in [0.3, 0.4) is 0 Å². The van der Waals surface area contributed by atoms with E-state index in [4.69, 9.17) is 17.0 Å². The standard InChI is InChI=1S/C17H18IN3O2S/c1-3-11(2)23-14-7-4-12(5-8-14)16(22)21-17(24)20-15-9-6-13(18)10-19-15/h4-11H,3H2,1-2H3,(H2,19,20,21,22,24)/t11-/m1/s1. The maximum atomic E-state index is 12.2. The maximum absolute atomic E-state index is 12.2. The van der Waals surface area contributed by atoms with Crippen molar-refractivity contribution in [3.05, 3.63) is 51.7 Å². The van der Waals surface area contributed by atoms with Crippen molar-refractivity contribution < 1.29 is 9.53 Å². The SMILES string of the molecule is CC[C@@H](C)Oc1ccc(C(=O)NC(=S)Nc2ccc(I)cn2)cc1. The summed E-state index contributed by atoms with van der Waals surface area (Å²) in [6, 6.07) is 10.7. The molecule has 5 nitrogen and oxygen atoms in total. The number of hydrogen-bond acceptors (Lipinski definition) is 4. The molecular weight excluding hydrogens is 437 g/mol. The number of amides is 1. The first-order valence-electron chi connectivity index (χ1n) is 7.48. The molecule has 0 spiro atoms. The molecule has 0 unspecified atom stereocenters. The lowest BCUT2D eigenvalue weighted by Crippen LogP contribution is -2.34. The van der Waals surface area contributed by atoms with E-state index in [1.165, 1.54) is 0 Å². The lowest BCUT2D eigenvalue weighted by Gasteiger charge is -2.13. The Morgan fingerprint density at radius 1 is 1.29 bits per heavy atom. The third-order valence-corrected chi connectivity index (χ3v) is 4.07. The highest BCUT2D eigenvalue weighted by Crippen LogP contribution is 2.15. The third kappa shape index (κ3) is 5.72. The molecule has 1 atom stereocenters. The van der Waals surface area contributed by atoms with Crippen molar-refractivity contribution in [2.45, 2.75) is 26.4 Å². The molecule has 2 N–H and O–H groups in total. The van der Waals surface area contributed by atoms with Crippen LogP contribution in [0.2, 0.25) is 0 Å². The molecule has 0 aliphatic rings. The predicted molar refractivity (Wildman–Crippen MR) is 107 cm³/mol. The molecule has 2 aromatic rings. The number of halogens is 1. The Labute approximate surface area is 160 Å². The van der Waals surface area contributed by atoms with Gasteiger partial charge in [-0.3, -0.25) is 10.1 Å². The first kappa shape index (κ1) is 18.6. The summed E-state index contributed by atoms with van der Waals surface area (Å²) in [5, 5.41) is 5.71. The number of hydrogen-bond donors (Lipinski definition) is 2. The normalized spacial score (nSPS) is 11.5. The molecule has 0 bridgehead atoms. The number of thiocarbonyl (C=S) groups is 1. The van der Waals surface area contributed by atoms with Gasteiger partial charge in [-0.05, 0) is 84.6 Å². The van der Waals surface area contributed by atoms with Gasteiger partial charge in [-0.15, -0.1) is 0 Å². The largest absolute Gasteiger partial charge is 0.491 e. The van der Waals surface area contributed by atoms with Gasteiger partial charge in [-0.25, -0.2) is 4.98 Å². The third-order valence-electron chi connectivity index (χ3n) is 3.22. The Morgan fingerprint density at radius 3 is 2.58 bits per heavy atom. The number of nitrogens with zero attached hydrogens (tertiary/aromatic N) is 1. The second-order valence-electron chi connectivity index (χ2n) is 5.13. The summed E-state index contributed by atoms with van der Waals surface area (Å²) in [5.41, 5.74) is 0.506. The van der Waals surface area contributed by atoms with Crippen molar-refractivity contribution in [1.29, 1.82) is 0 Å². The van der Waals surface area contributed by atoms with Crippen LogP contribution in [0, 0.1) is 3.57 Å². The predicted octanol–water partition coefficient (Wildman–Crippen LogP) is 3.99. The van der Waals surface area contributed by atoms with Crippen molar-refractivity contribution >= 4 is 51.6 Å². The van der Waals surface area contributed by atoms with Crippen LogP contribution in [0.15, 0.2) is 42.6 Å². The monoisotopic (exact) mass is 455 g/mol. The molecule has 0 saturated heterocycles. The van der Waals surface area contributed by atoms with Crippen LogP contribution in [0.25, 0.3) is 0 Å². The Balaban J connectivity index is 1.91. The zero-order valence-electron chi connectivity index (χ0n) is 13.4. The van der Waals surface area contributed by atoms with Gasteiger partial charge in [0.05, 0.1) is 6.10 Å². The van der Waals surface area contributed by atoms with Gasteiger partial charge in [0, 0.05) is 15.3 Å². The number of carbonyl (C=O) groups is 1. The minimum absolute atomic E-state index is 0.142. The number of carbonyl (C=O) groups excluding carboxylic acids is 1. The smallest absolute Gasteiger partial charge is 0.257 e. The summed E-state index contributed by atoms with van der Waals surface area (Å²) in [6.45, 7) is 4.06. The Bertz CT molecular complexity index is 705. The van der Waals surface area contributed by atoms with Crippen molar-refractivity contribution in [2.24, 2.45) is 0 Å². The fourth-order valence-corrected chi connectivity index (χ4v) is 2.29. The highest BCUT2D eigenvalue weighted by molar-refractivity contribution is 14.1. The van der Waals surface area contributed by atoms with E-state index in [0.29, 0.717) is 11.4 Å². The van der Waals surface area contributed by atoms with Gasteiger partial charge >= 0.3 is 0 Å². The van der Waals surface area contributed by atoms with Gasteiger partial charge in [0.15, 0.2) is 5.11 Å². The van der Waals surface area contributed by atoms with Gasteiger partial charge in [0.1, 0.15) is 11.6 Å². The van der Waals surface area contributed by atoms with E-state index in [1.54, 1.807) is 36.5 Å². The molecule has 0 radical (unpaired) electrons. The number of rotatable bonds is 5. The summed E-state index contributed by atoms with van der Waals surface area (Å²) in [7, 11) is 0. The molecule has 0 saturated carbocycles. The van der Waals surface area contributed by atoms with E-state index in [1.807, 2.05) is 13.0 Å². The molecule has 0 fully saturated rings. The van der Waals surface area contributed by atoms with Crippen LogP contribution < -0.4 is 15.4 Å². The number of benzene rings is 1. The first-order valence-corrected chi connectivity index (χ1v) is 8.97. The van der Waals surface area contributed by atoms with Gasteiger partial charge in [-0.1, -0.05) is 6.92 Å². The maximum Gasteiger partial charge on any atom is 0.257 e. The highest BCUT2D eigenvalue weighted by Gasteiger charge is 2.09. The molecule has 1 aromatic carbocycles. The van der Waals surface area contributed by atoms with Gasteiger partial charge < -0.3 is 10.1 Å². The van der Waals surface area contributed by atoms with Crippen LogP contribution >= 0.6 is 34.8 Å². The van der Waals surface area contributed by atoms with Crippen LogP contribution in [-0.4, -0.2) is 22.1 Å². The summed E-state index contributed by atoms with van der Waals surface area (Å²) >= 11 is 7.30. The number of nitrogens with one attached hydrogen (secondary N) is 2. The quantitative estimate of drug-likeness (QED) is 0.528. The van der Waals surface area contributed by atoms with Gasteiger partial charge in [0.2, 0.25) is 0 Å². The topological polar surface area (TPSA) is 63.2 Å². The molecule has 7 heteroatoms. The van der Waals surface area contributed by atoms with E-state index in [-0.39, 0.29) is 17.1 Å². The fraction of sp³-hybridized carbons (Fsp3) is 0.235. The molecular formula is C17H18IN3O2S. The summed E-state index contributed by atoms with van der Waals surface area (Å²) < 4.78 is 6.71. The number of ether oxygens (including phenoxy) is 1. The summed E-state index contributed by atoms with van der Waals surface area (Å²) in [4.78, 5) is 16.4. The molecule has 126 valence electrons. The number of anilines is 1. The van der Waals surface area contributed by atoms with E-state index in [2.05, 4.69) is 45.1 Å². The number of pyridine rings is 1. The van der Waals surface area contributed by atoms with E-state index >= 15 is 0 Å². The molecule has 1 amide bonds. The van der Waals surface area contributed by atoms with Crippen LogP contribution in [0.4, 0.5) is 5.82 Å². The highest BCUT2D eigenvalue weighted by atomic mass is 127. The molecule has 0 aliphatic heterocycles. The van der Waals surface area contributed by atoms with Crippen LogP contribution in [0.1, 0.15) is 30.6 Å². The van der Waals surface area contributed by atoms with Crippen molar-refractivity contribution in [1.82, 2.24) is 10.3 Å². The second-order valence-corrected chi connectivity index (χ2v) is 6.78. The van der Waals surface area contributed by atoms with Crippen LogP contribution in [0.5, 0.6) is 5.75 Å². The van der Waals surface area contributed by atoms with E-state index in [0.717, 1.165) is 15.7 Å². The van der Waals surface area contributed by atoms with E-state index in [9.17, 15) is 4.79 Å².